The molecule has 0 unspecified atom stereocenters. The first-order chi connectivity index (χ1) is 4.18. The number of aliphatic hydroxyl groups is 1. The van der Waals surface area contributed by atoms with Crippen molar-refractivity contribution < 1.29 is 9.94 Å². The van der Waals surface area contributed by atoms with E-state index in [0.717, 1.165) is 0 Å². The van der Waals surface area contributed by atoms with Crippen LogP contribution in [-0.2, 0) is 4.84 Å². The van der Waals surface area contributed by atoms with Crippen LogP contribution in [0.5, 0.6) is 0 Å². The molecule has 0 rings (SSSR count). The SMILES string of the molecule is CCC(O)(CC)CON. The summed E-state index contributed by atoms with van der Waals surface area (Å²) < 4.78 is 0. The molecule has 0 heterocycles. The number of nitrogens with two attached hydrogens (primary N) is 1. The average molecular weight is 133 g/mol. The predicted molar refractivity (Wildman–Crippen MR) is 35.7 cm³/mol. The second-order valence-corrected chi connectivity index (χ2v) is 2.24. The van der Waals surface area contributed by atoms with E-state index in [1.165, 1.54) is 0 Å². The molecule has 0 saturated carbocycles. The Balaban J connectivity index is 3.62. The van der Waals surface area contributed by atoms with E-state index in [2.05, 4.69) is 4.84 Å². The number of rotatable bonds is 4. The molecule has 0 aliphatic carbocycles. The smallest absolute Gasteiger partial charge is 0.0966 e. The fourth-order valence-corrected chi connectivity index (χ4v) is 0.609. The Morgan fingerprint density at radius 1 is 1.44 bits per heavy atom. The minimum atomic E-state index is -0.714. The summed E-state index contributed by atoms with van der Waals surface area (Å²) in [6.07, 6.45) is 1.36. The molecule has 0 aliphatic rings. The molecule has 3 heteroatoms. The van der Waals surface area contributed by atoms with Gasteiger partial charge in [0.2, 0.25) is 0 Å². The van der Waals surface area contributed by atoms with Crippen LogP contribution in [0.15, 0.2) is 0 Å². The van der Waals surface area contributed by atoms with Gasteiger partial charge in [-0.25, -0.2) is 5.90 Å². The van der Waals surface area contributed by atoms with E-state index >= 15 is 0 Å². The van der Waals surface area contributed by atoms with Crippen LogP contribution < -0.4 is 5.90 Å². The van der Waals surface area contributed by atoms with E-state index in [9.17, 15) is 5.11 Å². The van der Waals surface area contributed by atoms with Gasteiger partial charge in [-0.15, -0.1) is 0 Å². The Kier molecular flexibility index (Phi) is 3.77. The second-order valence-electron chi connectivity index (χ2n) is 2.24. The molecule has 56 valence electrons. The third kappa shape index (κ3) is 2.79. The molecule has 0 aromatic heterocycles. The van der Waals surface area contributed by atoms with E-state index in [1.807, 2.05) is 13.8 Å². The zero-order valence-corrected chi connectivity index (χ0v) is 6.05. The lowest BCUT2D eigenvalue weighted by atomic mass is 9.99. The molecular formula is C6H15NO2. The van der Waals surface area contributed by atoms with Gasteiger partial charge < -0.3 is 9.94 Å². The van der Waals surface area contributed by atoms with Crippen molar-refractivity contribution in [2.24, 2.45) is 5.90 Å². The van der Waals surface area contributed by atoms with Crippen molar-refractivity contribution in [3.8, 4) is 0 Å². The third-order valence-corrected chi connectivity index (χ3v) is 1.67. The van der Waals surface area contributed by atoms with Crippen molar-refractivity contribution in [2.45, 2.75) is 32.3 Å². The van der Waals surface area contributed by atoms with Crippen LogP contribution in [0.1, 0.15) is 26.7 Å². The zero-order chi connectivity index (χ0) is 7.33. The molecular weight excluding hydrogens is 118 g/mol. The molecule has 0 saturated heterocycles. The van der Waals surface area contributed by atoms with E-state index in [1.54, 1.807) is 0 Å². The van der Waals surface area contributed by atoms with Crippen LogP contribution in [-0.4, -0.2) is 17.3 Å². The molecule has 0 spiro atoms. The summed E-state index contributed by atoms with van der Waals surface area (Å²) in [5.41, 5.74) is -0.714. The van der Waals surface area contributed by atoms with Gasteiger partial charge in [0.1, 0.15) is 0 Å². The van der Waals surface area contributed by atoms with Crippen LogP contribution in [0.3, 0.4) is 0 Å². The van der Waals surface area contributed by atoms with Crippen molar-refractivity contribution >= 4 is 0 Å². The Labute approximate surface area is 55.8 Å². The maximum atomic E-state index is 9.42. The monoisotopic (exact) mass is 133 g/mol. The highest BCUT2D eigenvalue weighted by atomic mass is 16.6. The molecule has 0 radical (unpaired) electrons. The van der Waals surface area contributed by atoms with Crippen LogP contribution in [0.2, 0.25) is 0 Å². The highest BCUT2D eigenvalue weighted by molar-refractivity contribution is 4.72. The summed E-state index contributed by atoms with van der Waals surface area (Å²) in [5, 5.41) is 9.42. The second kappa shape index (κ2) is 3.82. The van der Waals surface area contributed by atoms with E-state index in [-0.39, 0.29) is 6.61 Å². The number of hydrogen-bond donors (Lipinski definition) is 2. The van der Waals surface area contributed by atoms with Gasteiger partial charge in [0.25, 0.3) is 0 Å². The van der Waals surface area contributed by atoms with Gasteiger partial charge in [-0.3, -0.25) is 0 Å². The zero-order valence-electron chi connectivity index (χ0n) is 6.05. The Bertz CT molecular complexity index is 71.5. The highest BCUT2D eigenvalue weighted by Gasteiger charge is 2.21. The van der Waals surface area contributed by atoms with Gasteiger partial charge in [-0.05, 0) is 12.8 Å². The third-order valence-electron chi connectivity index (χ3n) is 1.67. The first kappa shape index (κ1) is 8.88. The summed E-state index contributed by atoms with van der Waals surface area (Å²) in [6, 6.07) is 0. The standard InChI is InChI=1S/C6H15NO2/c1-3-6(8,4-2)5-9-7/h8H,3-5,7H2,1-2H3. The van der Waals surface area contributed by atoms with Crippen molar-refractivity contribution in [2.75, 3.05) is 6.61 Å². The lowest BCUT2D eigenvalue weighted by Gasteiger charge is -2.22. The lowest BCUT2D eigenvalue weighted by molar-refractivity contribution is -0.0520. The molecule has 9 heavy (non-hydrogen) atoms. The quantitative estimate of drug-likeness (QED) is 0.547. The summed E-state index contributed by atoms with van der Waals surface area (Å²) in [6.45, 7) is 4.03. The molecule has 0 amide bonds. The van der Waals surface area contributed by atoms with Gasteiger partial charge in [0.15, 0.2) is 0 Å². The minimum absolute atomic E-state index is 0.222. The van der Waals surface area contributed by atoms with Crippen molar-refractivity contribution in [3.05, 3.63) is 0 Å². The molecule has 0 aromatic rings. The normalized spacial score (nSPS) is 12.0. The van der Waals surface area contributed by atoms with Crippen molar-refractivity contribution in [3.63, 3.8) is 0 Å². The van der Waals surface area contributed by atoms with Crippen LogP contribution in [0.4, 0.5) is 0 Å². The lowest BCUT2D eigenvalue weighted by Crippen LogP contribution is -2.34. The molecule has 0 fully saturated rings. The van der Waals surface area contributed by atoms with Gasteiger partial charge in [-0.2, -0.15) is 0 Å². The Hall–Kier alpha value is -0.120. The Morgan fingerprint density at radius 3 is 2.00 bits per heavy atom. The van der Waals surface area contributed by atoms with E-state index in [0.29, 0.717) is 12.8 Å². The fourth-order valence-electron chi connectivity index (χ4n) is 0.609. The predicted octanol–water partition coefficient (Wildman–Crippen LogP) is 0.428. The summed E-state index contributed by atoms with van der Waals surface area (Å²) in [4.78, 5) is 4.34. The van der Waals surface area contributed by atoms with Gasteiger partial charge in [0, 0.05) is 0 Å². The molecule has 0 bridgehead atoms. The largest absolute Gasteiger partial charge is 0.387 e. The maximum Gasteiger partial charge on any atom is 0.0966 e. The number of hydrogen-bond acceptors (Lipinski definition) is 3. The van der Waals surface area contributed by atoms with Crippen LogP contribution in [0.25, 0.3) is 0 Å². The first-order valence-corrected chi connectivity index (χ1v) is 3.22. The summed E-state index contributed by atoms with van der Waals surface area (Å²) in [7, 11) is 0. The molecule has 3 nitrogen and oxygen atoms in total. The molecule has 0 atom stereocenters. The van der Waals surface area contributed by atoms with Gasteiger partial charge >= 0.3 is 0 Å². The van der Waals surface area contributed by atoms with Crippen LogP contribution in [0, 0.1) is 0 Å². The highest BCUT2D eigenvalue weighted by Crippen LogP contribution is 2.13. The molecule has 3 N–H and O–H groups in total. The van der Waals surface area contributed by atoms with E-state index in [4.69, 9.17) is 5.90 Å². The van der Waals surface area contributed by atoms with Crippen LogP contribution >= 0.6 is 0 Å². The molecule has 0 aromatic carbocycles. The van der Waals surface area contributed by atoms with Gasteiger partial charge in [0.05, 0.1) is 12.2 Å². The first-order valence-electron chi connectivity index (χ1n) is 3.22. The fraction of sp³-hybridized carbons (Fsp3) is 1.00. The van der Waals surface area contributed by atoms with Gasteiger partial charge in [-0.1, -0.05) is 13.8 Å². The summed E-state index contributed by atoms with van der Waals surface area (Å²) in [5.74, 6) is 4.81. The van der Waals surface area contributed by atoms with Crippen molar-refractivity contribution in [1.82, 2.24) is 0 Å². The maximum absolute atomic E-state index is 9.42. The van der Waals surface area contributed by atoms with Crippen molar-refractivity contribution in [1.29, 1.82) is 0 Å². The topological polar surface area (TPSA) is 55.5 Å². The minimum Gasteiger partial charge on any atom is -0.387 e. The molecule has 0 aliphatic heterocycles. The summed E-state index contributed by atoms with van der Waals surface area (Å²) >= 11 is 0. The average Bonchev–Trinajstić information content (AvgIpc) is 1.89. The van der Waals surface area contributed by atoms with E-state index < -0.39 is 5.60 Å². The Morgan fingerprint density at radius 2 is 1.89 bits per heavy atom.